The molecule has 0 rings (SSSR count). The molecule has 0 heterocycles. The molecule has 0 aliphatic carbocycles. The molecule has 0 spiro atoms. The van der Waals surface area contributed by atoms with E-state index in [9.17, 15) is 19.2 Å². The van der Waals surface area contributed by atoms with Crippen LogP contribution in [-0.2, 0) is 33.4 Å². The molecule has 0 atom stereocenters. The average Bonchev–Trinajstić information content (AvgIpc) is 2.56. The molecule has 0 aliphatic heterocycles. The molecule has 148 valence electrons. The van der Waals surface area contributed by atoms with Crippen LogP contribution in [0.5, 0.6) is 0 Å². The van der Waals surface area contributed by atoms with E-state index in [1.807, 2.05) is 0 Å². The Morgan fingerprint density at radius 2 is 1.04 bits per heavy atom. The molecule has 0 saturated heterocycles. The van der Waals surface area contributed by atoms with Crippen molar-refractivity contribution in [3.05, 3.63) is 48.6 Å². The van der Waals surface area contributed by atoms with Gasteiger partial charge in [0.25, 0.3) is 0 Å². The molecule has 0 aromatic carbocycles. The summed E-state index contributed by atoms with van der Waals surface area (Å²) < 4.78 is 15.5. The van der Waals surface area contributed by atoms with Crippen molar-refractivity contribution in [2.24, 2.45) is 0 Å². The van der Waals surface area contributed by atoms with Gasteiger partial charge in [-0.15, -0.1) is 0 Å². The molecule has 0 saturated carbocycles. The van der Waals surface area contributed by atoms with Crippen molar-refractivity contribution in [2.75, 3.05) is 13.2 Å². The number of carbonyl (C=O) groups excluding carboxylic acids is 4. The van der Waals surface area contributed by atoms with E-state index >= 15 is 0 Å². The molecule has 0 N–H and O–H groups in total. The number of allylic oxidation sites excluding steroid dienone is 1. The van der Waals surface area contributed by atoms with Gasteiger partial charge in [-0.1, -0.05) is 26.3 Å². The molecular weight excluding hydrogens is 352 g/mol. The lowest BCUT2D eigenvalue weighted by Gasteiger charge is -2.32. The highest BCUT2D eigenvalue weighted by atomic mass is 16.6. The van der Waals surface area contributed by atoms with Gasteiger partial charge in [0.1, 0.15) is 13.2 Å². The first-order valence-corrected chi connectivity index (χ1v) is 8.04. The zero-order valence-electron chi connectivity index (χ0n) is 16.3. The Labute approximate surface area is 159 Å². The monoisotopic (exact) mass is 378 g/mol. The van der Waals surface area contributed by atoms with Gasteiger partial charge in [-0.25, -0.2) is 14.4 Å². The van der Waals surface area contributed by atoms with Crippen molar-refractivity contribution >= 4 is 23.7 Å². The maximum absolute atomic E-state index is 12.2. The van der Waals surface area contributed by atoms with Crippen molar-refractivity contribution in [1.29, 1.82) is 0 Å². The average molecular weight is 378 g/mol. The highest BCUT2D eigenvalue weighted by Gasteiger charge is 2.40. The van der Waals surface area contributed by atoms with E-state index in [4.69, 9.17) is 14.2 Å². The van der Waals surface area contributed by atoms with Crippen LogP contribution in [0.2, 0.25) is 0 Å². The fraction of sp³-hybridized carbons (Fsp3) is 0.400. The highest BCUT2D eigenvalue weighted by Crippen LogP contribution is 2.23. The van der Waals surface area contributed by atoms with Crippen LogP contribution >= 0.6 is 0 Å². The number of esters is 3. The maximum Gasteiger partial charge on any atom is 0.333 e. The predicted molar refractivity (Wildman–Crippen MR) is 99.6 cm³/mol. The minimum Gasteiger partial charge on any atom is -0.458 e. The van der Waals surface area contributed by atoms with Gasteiger partial charge in [0.05, 0.1) is 6.42 Å². The zero-order valence-corrected chi connectivity index (χ0v) is 16.3. The summed E-state index contributed by atoms with van der Waals surface area (Å²) in [7, 11) is 0. The summed E-state index contributed by atoms with van der Waals surface area (Å²) in [5.74, 6) is -2.79. The molecule has 7 heteroatoms. The summed E-state index contributed by atoms with van der Waals surface area (Å²) in [6, 6.07) is 0. The quantitative estimate of drug-likeness (QED) is 0.310. The van der Waals surface area contributed by atoms with E-state index in [0.717, 1.165) is 0 Å². The first kappa shape index (κ1) is 24.0. The second-order valence-electron chi connectivity index (χ2n) is 6.45. The third-order valence-electron chi connectivity index (χ3n) is 3.25. The van der Waals surface area contributed by atoms with Gasteiger partial charge >= 0.3 is 17.9 Å². The van der Waals surface area contributed by atoms with Gasteiger partial charge in [-0.2, -0.15) is 0 Å². The summed E-state index contributed by atoms with van der Waals surface area (Å²) in [5, 5.41) is 0. The van der Waals surface area contributed by atoms with E-state index in [0.29, 0.717) is 0 Å². The highest BCUT2D eigenvalue weighted by molar-refractivity contribution is 5.95. The lowest BCUT2D eigenvalue weighted by molar-refractivity contribution is -0.181. The van der Waals surface area contributed by atoms with E-state index < -0.39 is 48.9 Å². The molecular formula is C20H26O7. The molecule has 0 fully saturated rings. The van der Waals surface area contributed by atoms with Crippen molar-refractivity contribution in [1.82, 2.24) is 0 Å². The normalized spacial score (nSPS) is 10.4. The van der Waals surface area contributed by atoms with E-state index in [-0.39, 0.29) is 22.3 Å². The molecule has 7 nitrogen and oxygen atoms in total. The van der Waals surface area contributed by atoms with Crippen LogP contribution in [0.25, 0.3) is 0 Å². The Morgan fingerprint density at radius 3 is 1.33 bits per heavy atom. The molecule has 0 unspecified atom stereocenters. The first-order valence-electron chi connectivity index (χ1n) is 8.04. The lowest BCUT2D eigenvalue weighted by atomic mass is 9.95. The van der Waals surface area contributed by atoms with Gasteiger partial charge in [-0.3, -0.25) is 4.79 Å². The number of hydrogen-bond donors (Lipinski definition) is 0. The molecule has 27 heavy (non-hydrogen) atoms. The van der Waals surface area contributed by atoms with Gasteiger partial charge in [0.15, 0.2) is 11.4 Å². The topological polar surface area (TPSA) is 96.0 Å². The van der Waals surface area contributed by atoms with Crippen molar-refractivity contribution < 1.29 is 33.4 Å². The van der Waals surface area contributed by atoms with Crippen molar-refractivity contribution in [2.45, 2.75) is 39.7 Å². The Kier molecular flexibility index (Phi) is 9.13. The fourth-order valence-electron chi connectivity index (χ4n) is 1.61. The Hall–Kier alpha value is -2.96. The maximum atomic E-state index is 12.2. The largest absolute Gasteiger partial charge is 0.458 e. The third kappa shape index (κ3) is 8.31. The minimum absolute atomic E-state index is 0.0552. The second kappa shape index (κ2) is 10.3. The summed E-state index contributed by atoms with van der Waals surface area (Å²) in [6.07, 6.45) is -0.408. The molecule has 0 amide bonds. The number of hydrogen-bond acceptors (Lipinski definition) is 7. The number of rotatable bonds is 11. The number of ether oxygens (including phenoxy) is 3. The van der Waals surface area contributed by atoms with Gasteiger partial charge < -0.3 is 14.2 Å². The Morgan fingerprint density at radius 1 is 0.667 bits per heavy atom. The number of Topliss-reactive ketones (excluding diaryl/α,β-unsaturated/α-hetero) is 1. The second-order valence-corrected chi connectivity index (χ2v) is 6.45. The molecule has 0 aliphatic rings. The molecule has 0 aromatic rings. The van der Waals surface area contributed by atoms with Crippen LogP contribution in [0, 0.1) is 0 Å². The Balaban J connectivity index is 5.82. The molecule has 0 bridgehead atoms. The predicted octanol–water partition coefficient (Wildman–Crippen LogP) is 2.62. The lowest BCUT2D eigenvalue weighted by Crippen LogP contribution is -2.47. The Bertz CT molecular complexity index is 637. The van der Waals surface area contributed by atoms with Crippen LogP contribution in [0.4, 0.5) is 0 Å². The number of carbonyl (C=O) groups is 4. The molecule has 0 aromatic heterocycles. The van der Waals surface area contributed by atoms with Crippen LogP contribution < -0.4 is 0 Å². The van der Waals surface area contributed by atoms with Gasteiger partial charge in [0.2, 0.25) is 0 Å². The number of ketones is 1. The van der Waals surface area contributed by atoms with E-state index in [2.05, 4.69) is 26.3 Å². The smallest absolute Gasteiger partial charge is 0.333 e. The van der Waals surface area contributed by atoms with Crippen molar-refractivity contribution in [3.8, 4) is 0 Å². The van der Waals surface area contributed by atoms with E-state index in [1.54, 1.807) is 0 Å². The summed E-state index contributed by atoms with van der Waals surface area (Å²) in [4.78, 5) is 47.9. The van der Waals surface area contributed by atoms with E-state index in [1.165, 1.54) is 27.7 Å². The standard InChI is InChI=1S/C20H26O7/c1-12(2)16(21)9-20(27-19(24)15(7)8,10-25-17(22)13(3)4)11-26-18(23)14(5)6/h1,3,5,7,9-11H2,2,4,6,8H3. The van der Waals surface area contributed by atoms with Crippen molar-refractivity contribution in [3.63, 3.8) is 0 Å². The SMILES string of the molecule is C=C(C)C(=O)CC(COC(=O)C(=C)C)(COC(=O)C(=C)C)OC(=O)C(=C)C. The summed E-state index contributed by atoms with van der Waals surface area (Å²) >= 11 is 0. The fourth-order valence-corrected chi connectivity index (χ4v) is 1.61. The zero-order chi connectivity index (χ0) is 21.4. The summed E-state index contributed by atoms with van der Waals surface area (Å²) in [5.41, 5.74) is -1.27. The third-order valence-corrected chi connectivity index (χ3v) is 3.25. The van der Waals surface area contributed by atoms with Crippen LogP contribution in [-0.4, -0.2) is 42.5 Å². The molecule has 0 radical (unpaired) electrons. The van der Waals surface area contributed by atoms with Crippen LogP contribution in [0.3, 0.4) is 0 Å². The van der Waals surface area contributed by atoms with Gasteiger partial charge in [-0.05, 0) is 33.3 Å². The van der Waals surface area contributed by atoms with Crippen LogP contribution in [0.15, 0.2) is 48.6 Å². The van der Waals surface area contributed by atoms with Crippen LogP contribution in [0.1, 0.15) is 34.1 Å². The summed E-state index contributed by atoms with van der Waals surface area (Å²) in [6.45, 7) is 18.6. The van der Waals surface area contributed by atoms with Gasteiger partial charge in [0, 0.05) is 16.7 Å². The minimum atomic E-state index is -1.75. The first-order chi connectivity index (χ1) is 12.3.